The summed E-state index contributed by atoms with van der Waals surface area (Å²) in [6.45, 7) is 5.06. The first-order chi connectivity index (χ1) is 8.20. The van der Waals surface area contributed by atoms with Crippen LogP contribution in [0.2, 0.25) is 0 Å². The van der Waals surface area contributed by atoms with Crippen LogP contribution < -0.4 is 9.64 Å². The Morgan fingerprint density at radius 1 is 1.53 bits per heavy atom. The fraction of sp³-hybridized carbons (Fsp3) is 0.667. The Labute approximate surface area is 111 Å². The van der Waals surface area contributed by atoms with Gasteiger partial charge in [-0.05, 0) is 26.7 Å². The lowest BCUT2D eigenvalue weighted by Crippen LogP contribution is -2.31. The average Bonchev–Trinajstić information content (AvgIpc) is 2.76. The summed E-state index contributed by atoms with van der Waals surface area (Å²) >= 11 is 3.56. The van der Waals surface area contributed by atoms with Gasteiger partial charge in [-0.25, -0.2) is 9.97 Å². The second-order valence-corrected chi connectivity index (χ2v) is 5.17. The van der Waals surface area contributed by atoms with Gasteiger partial charge in [-0.3, -0.25) is 0 Å². The van der Waals surface area contributed by atoms with Gasteiger partial charge in [0.25, 0.3) is 0 Å². The highest BCUT2D eigenvalue weighted by molar-refractivity contribution is 9.09. The first-order valence-corrected chi connectivity index (χ1v) is 7.14. The van der Waals surface area contributed by atoms with E-state index in [4.69, 9.17) is 4.74 Å². The molecule has 4 nitrogen and oxygen atoms in total. The highest BCUT2D eigenvalue weighted by Gasteiger charge is 2.24. The maximum absolute atomic E-state index is 5.59. The summed E-state index contributed by atoms with van der Waals surface area (Å²) in [4.78, 5) is 10.8. The Morgan fingerprint density at radius 3 is 3.06 bits per heavy atom. The van der Waals surface area contributed by atoms with Crippen molar-refractivity contribution >= 4 is 21.7 Å². The Bertz CT molecular complexity index is 373. The SMILES string of the molecule is CC(C)Oc1cc(N2CCCC2CBr)ncn1. The Balaban J connectivity index is 2.15. The molecular weight excluding hydrogens is 282 g/mol. The Morgan fingerprint density at radius 2 is 2.35 bits per heavy atom. The zero-order chi connectivity index (χ0) is 12.3. The van der Waals surface area contributed by atoms with E-state index in [0.717, 1.165) is 17.7 Å². The van der Waals surface area contributed by atoms with Crippen molar-refractivity contribution in [1.82, 2.24) is 9.97 Å². The molecule has 0 aromatic carbocycles. The molecule has 94 valence electrons. The van der Waals surface area contributed by atoms with Crippen LogP contribution in [0.4, 0.5) is 5.82 Å². The molecule has 1 fully saturated rings. The van der Waals surface area contributed by atoms with Crippen molar-refractivity contribution in [1.29, 1.82) is 0 Å². The van der Waals surface area contributed by atoms with Crippen LogP contribution in [-0.2, 0) is 0 Å². The van der Waals surface area contributed by atoms with Crippen molar-refractivity contribution in [2.24, 2.45) is 0 Å². The average molecular weight is 300 g/mol. The summed E-state index contributed by atoms with van der Waals surface area (Å²) in [5, 5.41) is 0.984. The third kappa shape index (κ3) is 3.09. The van der Waals surface area contributed by atoms with Gasteiger partial charge in [0.1, 0.15) is 12.1 Å². The van der Waals surface area contributed by atoms with Gasteiger partial charge in [0, 0.05) is 24.0 Å². The fourth-order valence-electron chi connectivity index (χ4n) is 2.09. The molecule has 1 aromatic heterocycles. The molecule has 5 heteroatoms. The van der Waals surface area contributed by atoms with E-state index >= 15 is 0 Å². The van der Waals surface area contributed by atoms with Crippen LogP contribution in [0.3, 0.4) is 0 Å². The van der Waals surface area contributed by atoms with Gasteiger partial charge in [-0.15, -0.1) is 0 Å². The van der Waals surface area contributed by atoms with Crippen molar-refractivity contribution < 1.29 is 4.74 Å². The number of nitrogens with zero attached hydrogens (tertiary/aromatic N) is 3. The second kappa shape index (κ2) is 5.67. The van der Waals surface area contributed by atoms with Gasteiger partial charge in [0.2, 0.25) is 5.88 Å². The predicted octanol–water partition coefficient (Wildman–Crippen LogP) is 2.63. The topological polar surface area (TPSA) is 38.2 Å². The number of ether oxygens (including phenoxy) is 1. The van der Waals surface area contributed by atoms with Crippen LogP contribution in [0.1, 0.15) is 26.7 Å². The van der Waals surface area contributed by atoms with Crippen LogP contribution in [0, 0.1) is 0 Å². The van der Waals surface area contributed by atoms with Crippen LogP contribution in [0.15, 0.2) is 12.4 Å². The largest absolute Gasteiger partial charge is 0.475 e. The molecule has 0 spiro atoms. The number of halogens is 1. The zero-order valence-corrected chi connectivity index (χ0v) is 11.9. The summed E-state index contributed by atoms with van der Waals surface area (Å²) in [7, 11) is 0. The molecule has 0 amide bonds. The minimum Gasteiger partial charge on any atom is -0.475 e. The molecule has 1 saturated heterocycles. The van der Waals surface area contributed by atoms with E-state index in [1.807, 2.05) is 19.9 Å². The van der Waals surface area contributed by atoms with Crippen LogP contribution in [0.5, 0.6) is 5.88 Å². The summed E-state index contributed by atoms with van der Waals surface area (Å²) in [5.74, 6) is 1.63. The molecule has 1 aromatic rings. The van der Waals surface area contributed by atoms with E-state index in [1.165, 1.54) is 12.8 Å². The van der Waals surface area contributed by atoms with E-state index in [9.17, 15) is 0 Å². The lowest BCUT2D eigenvalue weighted by atomic mass is 10.2. The first kappa shape index (κ1) is 12.6. The Kier molecular flexibility index (Phi) is 4.20. The molecule has 0 aliphatic carbocycles. The van der Waals surface area contributed by atoms with E-state index in [0.29, 0.717) is 11.9 Å². The predicted molar refractivity (Wildman–Crippen MR) is 72.0 cm³/mol. The zero-order valence-electron chi connectivity index (χ0n) is 10.3. The number of aromatic nitrogens is 2. The summed E-state index contributed by atoms with van der Waals surface area (Å²) in [5.41, 5.74) is 0. The monoisotopic (exact) mass is 299 g/mol. The molecule has 17 heavy (non-hydrogen) atoms. The minimum atomic E-state index is 0.142. The van der Waals surface area contributed by atoms with Crippen molar-refractivity contribution in [3.63, 3.8) is 0 Å². The van der Waals surface area contributed by atoms with Crippen molar-refractivity contribution in [3.8, 4) is 5.88 Å². The van der Waals surface area contributed by atoms with Crippen LogP contribution in [0.25, 0.3) is 0 Å². The molecule has 0 N–H and O–H groups in total. The van der Waals surface area contributed by atoms with Gasteiger partial charge >= 0.3 is 0 Å². The third-order valence-electron chi connectivity index (χ3n) is 2.83. The Hall–Kier alpha value is -0.840. The van der Waals surface area contributed by atoms with E-state index in [2.05, 4.69) is 30.8 Å². The highest BCUT2D eigenvalue weighted by atomic mass is 79.9. The second-order valence-electron chi connectivity index (χ2n) is 4.52. The van der Waals surface area contributed by atoms with Crippen LogP contribution in [-0.4, -0.2) is 34.0 Å². The van der Waals surface area contributed by atoms with E-state index < -0.39 is 0 Å². The quantitative estimate of drug-likeness (QED) is 0.801. The molecule has 1 aliphatic rings. The molecule has 0 saturated carbocycles. The molecule has 0 radical (unpaired) electrons. The van der Waals surface area contributed by atoms with Gasteiger partial charge in [-0.1, -0.05) is 15.9 Å². The molecule has 1 unspecified atom stereocenters. The fourth-order valence-corrected chi connectivity index (χ4v) is 2.76. The molecule has 0 bridgehead atoms. The van der Waals surface area contributed by atoms with E-state index in [1.54, 1.807) is 6.33 Å². The smallest absolute Gasteiger partial charge is 0.218 e. The van der Waals surface area contributed by atoms with Crippen LogP contribution >= 0.6 is 15.9 Å². The molecule has 2 rings (SSSR count). The van der Waals surface area contributed by atoms with Gasteiger partial charge in [-0.2, -0.15) is 0 Å². The standard InChI is InChI=1S/C12H18BrN3O/c1-9(2)17-12-6-11(14-8-15-12)16-5-3-4-10(16)7-13/h6,8-10H,3-5,7H2,1-2H3. The molecular formula is C12H18BrN3O. The van der Waals surface area contributed by atoms with Crippen molar-refractivity contribution in [2.75, 3.05) is 16.8 Å². The van der Waals surface area contributed by atoms with Crippen molar-refractivity contribution in [3.05, 3.63) is 12.4 Å². The maximum atomic E-state index is 5.59. The summed E-state index contributed by atoms with van der Waals surface area (Å²) < 4.78 is 5.59. The van der Waals surface area contributed by atoms with Gasteiger partial charge in [0.15, 0.2) is 0 Å². The lowest BCUT2D eigenvalue weighted by molar-refractivity contribution is 0.232. The molecule has 2 heterocycles. The first-order valence-electron chi connectivity index (χ1n) is 6.02. The number of anilines is 1. The normalized spacial score (nSPS) is 20.0. The van der Waals surface area contributed by atoms with Gasteiger partial charge in [0.05, 0.1) is 6.10 Å². The maximum Gasteiger partial charge on any atom is 0.218 e. The number of rotatable bonds is 4. The molecule has 1 aliphatic heterocycles. The number of hydrogen-bond acceptors (Lipinski definition) is 4. The number of alkyl halides is 1. The minimum absolute atomic E-state index is 0.142. The lowest BCUT2D eigenvalue weighted by Gasteiger charge is -2.24. The number of hydrogen-bond donors (Lipinski definition) is 0. The molecule has 1 atom stereocenters. The highest BCUT2D eigenvalue weighted by Crippen LogP contribution is 2.26. The summed E-state index contributed by atoms with van der Waals surface area (Å²) in [6, 6.07) is 2.47. The van der Waals surface area contributed by atoms with E-state index in [-0.39, 0.29) is 6.10 Å². The van der Waals surface area contributed by atoms with Gasteiger partial charge < -0.3 is 9.64 Å². The van der Waals surface area contributed by atoms with Crippen molar-refractivity contribution in [2.45, 2.75) is 38.8 Å². The summed E-state index contributed by atoms with van der Waals surface area (Å²) in [6.07, 6.45) is 4.16. The third-order valence-corrected chi connectivity index (χ3v) is 3.58.